The van der Waals surface area contributed by atoms with E-state index in [2.05, 4.69) is 9.97 Å². The predicted octanol–water partition coefficient (Wildman–Crippen LogP) is 2.27. The molecule has 1 aromatic heterocycles. The van der Waals surface area contributed by atoms with Crippen molar-refractivity contribution in [2.75, 3.05) is 0 Å². The van der Waals surface area contributed by atoms with Crippen molar-refractivity contribution >= 4 is 29.3 Å². The number of carboxylic acid groups (broad SMARTS) is 1. The van der Waals surface area contributed by atoms with E-state index >= 15 is 0 Å². The van der Waals surface area contributed by atoms with Crippen molar-refractivity contribution in [1.82, 2.24) is 9.97 Å². The molecular weight excluding hydrogens is 276 g/mol. The van der Waals surface area contributed by atoms with E-state index < -0.39 is 5.97 Å². The van der Waals surface area contributed by atoms with E-state index in [-0.39, 0.29) is 16.1 Å². The number of rotatable bonds is 3. The van der Waals surface area contributed by atoms with Crippen LogP contribution in [0.5, 0.6) is 0 Å². The molecule has 5 nitrogen and oxygen atoms in total. The fourth-order valence-electron chi connectivity index (χ4n) is 1.26. The summed E-state index contributed by atoms with van der Waals surface area (Å²) >= 11 is 6.95. The van der Waals surface area contributed by atoms with Crippen molar-refractivity contribution in [2.24, 2.45) is 0 Å². The lowest BCUT2D eigenvalue weighted by Crippen LogP contribution is -2.03. The normalized spacial score (nSPS) is 10.3. The van der Waals surface area contributed by atoms with E-state index in [4.69, 9.17) is 16.7 Å². The Hall–Kier alpha value is -1.79. The standard InChI is InChI=1S/C11H7ClN2O3S/c12-8-2-1-6(3-7(8)11(16)17)18-10-4-9(15)13-5-14-10/h1-5H,(H,16,17)(H,13,14,15). The minimum absolute atomic E-state index is 0.0199. The van der Waals surface area contributed by atoms with Crippen molar-refractivity contribution < 1.29 is 9.90 Å². The van der Waals surface area contributed by atoms with Crippen LogP contribution in [0.15, 0.2) is 45.3 Å². The second-order valence-corrected chi connectivity index (χ2v) is 4.80. The Balaban J connectivity index is 2.33. The zero-order valence-electron chi connectivity index (χ0n) is 8.88. The fraction of sp³-hybridized carbons (Fsp3) is 0. The van der Waals surface area contributed by atoms with Crippen LogP contribution in [-0.4, -0.2) is 21.0 Å². The van der Waals surface area contributed by atoms with Crippen LogP contribution in [0.2, 0.25) is 5.02 Å². The number of carboxylic acids is 1. The van der Waals surface area contributed by atoms with Gasteiger partial charge in [-0.15, -0.1) is 0 Å². The van der Waals surface area contributed by atoms with E-state index in [1.54, 1.807) is 6.07 Å². The summed E-state index contributed by atoms with van der Waals surface area (Å²) in [6.07, 6.45) is 1.29. The third-order valence-electron chi connectivity index (χ3n) is 2.04. The van der Waals surface area contributed by atoms with Gasteiger partial charge in [0.1, 0.15) is 5.03 Å². The summed E-state index contributed by atoms with van der Waals surface area (Å²) in [6, 6.07) is 5.95. The largest absolute Gasteiger partial charge is 0.478 e. The van der Waals surface area contributed by atoms with E-state index in [1.165, 1.54) is 36.3 Å². The topological polar surface area (TPSA) is 83.0 Å². The van der Waals surface area contributed by atoms with Crippen LogP contribution >= 0.6 is 23.4 Å². The molecule has 0 spiro atoms. The lowest BCUT2D eigenvalue weighted by atomic mass is 10.2. The molecule has 18 heavy (non-hydrogen) atoms. The number of aromatic nitrogens is 2. The number of nitrogens with zero attached hydrogens (tertiary/aromatic N) is 1. The molecule has 1 aromatic carbocycles. The van der Waals surface area contributed by atoms with E-state index in [1.807, 2.05) is 0 Å². The zero-order chi connectivity index (χ0) is 13.1. The first kappa shape index (κ1) is 12.7. The van der Waals surface area contributed by atoms with Gasteiger partial charge in [0.25, 0.3) is 5.56 Å². The van der Waals surface area contributed by atoms with Crippen molar-refractivity contribution in [3.63, 3.8) is 0 Å². The smallest absolute Gasteiger partial charge is 0.337 e. The highest BCUT2D eigenvalue weighted by Crippen LogP contribution is 2.28. The molecular formula is C11H7ClN2O3S. The molecule has 0 aliphatic rings. The summed E-state index contributed by atoms with van der Waals surface area (Å²) < 4.78 is 0. The first-order valence-electron chi connectivity index (χ1n) is 4.81. The SMILES string of the molecule is O=C(O)c1cc(Sc2cc(=O)[nH]cn2)ccc1Cl. The second-order valence-electron chi connectivity index (χ2n) is 3.30. The van der Waals surface area contributed by atoms with Crippen LogP contribution < -0.4 is 5.56 Å². The summed E-state index contributed by atoms with van der Waals surface area (Å²) in [7, 11) is 0. The molecule has 0 aliphatic heterocycles. The van der Waals surface area contributed by atoms with Crippen LogP contribution in [-0.2, 0) is 0 Å². The molecule has 92 valence electrons. The Labute approximate surface area is 111 Å². The molecule has 0 amide bonds. The Morgan fingerprint density at radius 1 is 1.39 bits per heavy atom. The van der Waals surface area contributed by atoms with Crippen molar-refractivity contribution in [3.05, 3.63) is 51.5 Å². The number of carbonyl (C=O) groups is 1. The van der Waals surface area contributed by atoms with Gasteiger partial charge in [-0.1, -0.05) is 23.4 Å². The number of H-pyrrole nitrogens is 1. The summed E-state index contributed by atoms with van der Waals surface area (Å²) in [6.45, 7) is 0. The summed E-state index contributed by atoms with van der Waals surface area (Å²) in [5.74, 6) is -1.10. The van der Waals surface area contributed by atoms with Gasteiger partial charge in [-0.25, -0.2) is 9.78 Å². The number of hydrogen-bond acceptors (Lipinski definition) is 4. The van der Waals surface area contributed by atoms with Gasteiger partial charge in [0, 0.05) is 11.0 Å². The molecule has 2 rings (SSSR count). The van der Waals surface area contributed by atoms with Crippen molar-refractivity contribution in [1.29, 1.82) is 0 Å². The van der Waals surface area contributed by atoms with Gasteiger partial charge >= 0.3 is 5.97 Å². The van der Waals surface area contributed by atoms with Gasteiger partial charge in [-0.3, -0.25) is 4.79 Å². The molecule has 7 heteroatoms. The third-order valence-corrected chi connectivity index (χ3v) is 3.30. The molecule has 0 fully saturated rings. The maximum Gasteiger partial charge on any atom is 0.337 e. The van der Waals surface area contributed by atoms with Crippen molar-refractivity contribution in [3.8, 4) is 0 Å². The van der Waals surface area contributed by atoms with Crippen LogP contribution in [0.3, 0.4) is 0 Å². The highest BCUT2D eigenvalue weighted by atomic mass is 35.5. The highest BCUT2D eigenvalue weighted by molar-refractivity contribution is 7.99. The first-order valence-corrected chi connectivity index (χ1v) is 6.01. The first-order chi connectivity index (χ1) is 8.56. The molecule has 2 aromatic rings. The zero-order valence-corrected chi connectivity index (χ0v) is 10.5. The Morgan fingerprint density at radius 3 is 2.83 bits per heavy atom. The molecule has 0 bridgehead atoms. The number of aromatic amines is 1. The maximum atomic E-state index is 11.1. The average molecular weight is 283 g/mol. The van der Waals surface area contributed by atoms with Gasteiger partial charge in [0.15, 0.2) is 0 Å². The number of nitrogens with one attached hydrogen (secondary N) is 1. The number of hydrogen-bond donors (Lipinski definition) is 2. The lowest BCUT2D eigenvalue weighted by molar-refractivity contribution is 0.0697. The molecule has 0 saturated heterocycles. The Kier molecular flexibility index (Phi) is 3.69. The molecule has 0 unspecified atom stereocenters. The van der Waals surface area contributed by atoms with E-state index in [0.717, 1.165) is 0 Å². The maximum absolute atomic E-state index is 11.1. The van der Waals surface area contributed by atoms with Gasteiger partial charge < -0.3 is 10.1 Å². The molecule has 0 atom stereocenters. The minimum atomic E-state index is -1.10. The highest BCUT2D eigenvalue weighted by Gasteiger charge is 2.10. The van der Waals surface area contributed by atoms with E-state index in [0.29, 0.717) is 9.92 Å². The quantitative estimate of drug-likeness (QED) is 0.844. The minimum Gasteiger partial charge on any atom is -0.478 e. The molecule has 0 saturated carbocycles. The number of aromatic carboxylic acids is 1. The van der Waals surface area contributed by atoms with Gasteiger partial charge in [0.2, 0.25) is 0 Å². The number of halogens is 1. The summed E-state index contributed by atoms with van der Waals surface area (Å²) in [5.41, 5.74) is -0.244. The average Bonchev–Trinajstić information content (AvgIpc) is 2.31. The van der Waals surface area contributed by atoms with Crippen LogP contribution in [0.4, 0.5) is 0 Å². The summed E-state index contributed by atoms with van der Waals surface area (Å²) in [4.78, 5) is 29.0. The lowest BCUT2D eigenvalue weighted by Gasteiger charge is -2.03. The molecule has 0 aliphatic carbocycles. The second kappa shape index (κ2) is 5.24. The Morgan fingerprint density at radius 2 is 2.17 bits per heavy atom. The molecule has 0 radical (unpaired) electrons. The van der Waals surface area contributed by atoms with Crippen LogP contribution in [0.1, 0.15) is 10.4 Å². The predicted molar refractivity (Wildman–Crippen MR) is 67.4 cm³/mol. The van der Waals surface area contributed by atoms with Crippen LogP contribution in [0, 0.1) is 0 Å². The fourth-order valence-corrected chi connectivity index (χ4v) is 2.28. The number of benzene rings is 1. The van der Waals surface area contributed by atoms with E-state index in [9.17, 15) is 9.59 Å². The van der Waals surface area contributed by atoms with Crippen molar-refractivity contribution in [2.45, 2.75) is 9.92 Å². The molecule has 2 N–H and O–H groups in total. The molecule has 1 heterocycles. The Bertz CT molecular complexity index is 657. The van der Waals surface area contributed by atoms with Gasteiger partial charge in [-0.05, 0) is 18.2 Å². The van der Waals surface area contributed by atoms with Gasteiger partial charge in [0.05, 0.1) is 16.9 Å². The van der Waals surface area contributed by atoms with Crippen LogP contribution in [0.25, 0.3) is 0 Å². The third kappa shape index (κ3) is 2.91. The van der Waals surface area contributed by atoms with Gasteiger partial charge in [-0.2, -0.15) is 0 Å². The monoisotopic (exact) mass is 282 g/mol. The summed E-state index contributed by atoms with van der Waals surface area (Å²) in [5, 5.41) is 9.59.